The lowest BCUT2D eigenvalue weighted by molar-refractivity contribution is 0.0709. The van der Waals surface area contributed by atoms with Gasteiger partial charge in [-0.05, 0) is 57.2 Å². The normalized spacial score (nSPS) is 21.8. The minimum absolute atomic E-state index is 0.654. The minimum Gasteiger partial charge on any atom is -0.315 e. The summed E-state index contributed by atoms with van der Waals surface area (Å²) in [4.78, 5) is 2.69. The van der Waals surface area contributed by atoms with Gasteiger partial charge >= 0.3 is 0 Å². The lowest BCUT2D eigenvalue weighted by Gasteiger charge is -2.43. The van der Waals surface area contributed by atoms with E-state index in [0.29, 0.717) is 11.5 Å². The highest BCUT2D eigenvalue weighted by molar-refractivity contribution is 4.86. The molecule has 0 amide bonds. The lowest BCUT2D eigenvalue weighted by Crippen LogP contribution is -2.47. The van der Waals surface area contributed by atoms with E-state index < -0.39 is 0 Å². The van der Waals surface area contributed by atoms with Crippen LogP contribution in [-0.4, -0.2) is 37.1 Å². The highest BCUT2D eigenvalue weighted by Crippen LogP contribution is 2.38. The van der Waals surface area contributed by atoms with Crippen LogP contribution in [-0.2, 0) is 0 Å². The van der Waals surface area contributed by atoms with E-state index in [-0.39, 0.29) is 0 Å². The van der Waals surface area contributed by atoms with Crippen LogP contribution in [0, 0.1) is 11.3 Å². The highest BCUT2D eigenvalue weighted by atomic mass is 15.2. The smallest absolute Gasteiger partial charge is 0.0192 e. The average molecular weight is 268 g/mol. The van der Waals surface area contributed by atoms with Gasteiger partial charge in [0, 0.05) is 12.6 Å². The number of nitrogens with one attached hydrogen (secondary N) is 1. The van der Waals surface area contributed by atoms with Crippen LogP contribution >= 0.6 is 0 Å². The van der Waals surface area contributed by atoms with Crippen LogP contribution < -0.4 is 5.32 Å². The van der Waals surface area contributed by atoms with Crippen LogP contribution in [0.3, 0.4) is 0 Å². The molecule has 1 N–H and O–H groups in total. The Hall–Kier alpha value is -0.0800. The van der Waals surface area contributed by atoms with Crippen LogP contribution in [0.15, 0.2) is 0 Å². The first-order valence-corrected chi connectivity index (χ1v) is 8.47. The van der Waals surface area contributed by atoms with E-state index >= 15 is 0 Å². The summed E-state index contributed by atoms with van der Waals surface area (Å²) in [6, 6.07) is 0.693. The quantitative estimate of drug-likeness (QED) is 0.671. The molecule has 2 nitrogen and oxygen atoms in total. The molecule has 1 fully saturated rings. The first kappa shape index (κ1) is 17.0. The third-order valence-electron chi connectivity index (χ3n) is 5.32. The number of likely N-dealkylation sites (tertiary alicyclic amines) is 1. The Balaban J connectivity index is 2.23. The maximum Gasteiger partial charge on any atom is 0.0192 e. The second-order valence-corrected chi connectivity index (χ2v) is 6.98. The Morgan fingerprint density at radius 1 is 1.05 bits per heavy atom. The van der Waals surface area contributed by atoms with Gasteiger partial charge in [-0.1, -0.05) is 40.5 Å². The van der Waals surface area contributed by atoms with Crippen LogP contribution in [0.4, 0.5) is 0 Å². The molecule has 0 aromatic carbocycles. The maximum atomic E-state index is 3.62. The fraction of sp³-hybridized carbons (Fsp3) is 1.00. The van der Waals surface area contributed by atoms with Gasteiger partial charge < -0.3 is 5.32 Å². The molecule has 0 saturated carbocycles. The average Bonchev–Trinajstić information content (AvgIpc) is 2.43. The Kier molecular flexibility index (Phi) is 7.38. The van der Waals surface area contributed by atoms with Gasteiger partial charge in [-0.3, -0.25) is 4.90 Å². The Labute approximate surface area is 121 Å². The van der Waals surface area contributed by atoms with Gasteiger partial charge in [0.25, 0.3) is 0 Å². The molecule has 2 heteroatoms. The molecule has 0 aromatic heterocycles. The molecule has 114 valence electrons. The Morgan fingerprint density at radius 3 is 2.11 bits per heavy atom. The molecule has 19 heavy (non-hydrogen) atoms. The molecule has 1 heterocycles. The van der Waals surface area contributed by atoms with E-state index in [9.17, 15) is 0 Å². The molecule has 0 spiro atoms. The Bertz CT molecular complexity index is 223. The van der Waals surface area contributed by atoms with E-state index in [2.05, 4.69) is 44.8 Å². The van der Waals surface area contributed by atoms with E-state index in [1.54, 1.807) is 0 Å². The maximum absolute atomic E-state index is 3.62. The van der Waals surface area contributed by atoms with Crippen LogP contribution in [0.2, 0.25) is 0 Å². The molecule has 1 aliphatic heterocycles. The zero-order valence-electron chi connectivity index (χ0n) is 14.0. The van der Waals surface area contributed by atoms with Gasteiger partial charge in [0.05, 0.1) is 0 Å². The third-order valence-corrected chi connectivity index (χ3v) is 5.32. The standard InChI is InChI=1S/C17H36N2/c1-6-17(7-2)9-12-19(13-10-17)16(5)14-18-11-8-15(3)4/h15-16,18H,6-14H2,1-5H3. The predicted molar refractivity (Wildman–Crippen MR) is 85.6 cm³/mol. The summed E-state index contributed by atoms with van der Waals surface area (Å²) in [5.74, 6) is 0.813. The molecule has 1 unspecified atom stereocenters. The molecule has 0 radical (unpaired) electrons. The second-order valence-electron chi connectivity index (χ2n) is 6.98. The van der Waals surface area contributed by atoms with Crippen molar-refractivity contribution in [1.82, 2.24) is 10.2 Å². The Morgan fingerprint density at radius 2 is 1.63 bits per heavy atom. The molecule has 1 rings (SSSR count). The largest absolute Gasteiger partial charge is 0.315 e. The molecular formula is C17H36N2. The molecular weight excluding hydrogens is 232 g/mol. The second kappa shape index (κ2) is 8.26. The number of nitrogens with zero attached hydrogens (tertiary/aromatic N) is 1. The number of rotatable bonds is 8. The fourth-order valence-corrected chi connectivity index (χ4v) is 3.23. The summed E-state index contributed by atoms with van der Waals surface area (Å²) in [5, 5.41) is 3.62. The first-order chi connectivity index (χ1) is 9.03. The summed E-state index contributed by atoms with van der Waals surface area (Å²) < 4.78 is 0. The highest BCUT2D eigenvalue weighted by Gasteiger charge is 2.32. The van der Waals surface area contributed by atoms with Crippen molar-refractivity contribution < 1.29 is 0 Å². The molecule has 0 aliphatic carbocycles. The SMILES string of the molecule is CCC1(CC)CCN(C(C)CNCCC(C)C)CC1. The van der Waals surface area contributed by atoms with Crippen molar-refractivity contribution in [2.24, 2.45) is 11.3 Å². The van der Waals surface area contributed by atoms with E-state index in [4.69, 9.17) is 0 Å². The number of piperidine rings is 1. The van der Waals surface area contributed by atoms with Gasteiger partial charge in [-0.2, -0.15) is 0 Å². The van der Waals surface area contributed by atoms with Crippen molar-refractivity contribution in [1.29, 1.82) is 0 Å². The zero-order valence-corrected chi connectivity index (χ0v) is 14.0. The van der Waals surface area contributed by atoms with Gasteiger partial charge in [0.2, 0.25) is 0 Å². The summed E-state index contributed by atoms with van der Waals surface area (Å²) >= 11 is 0. The van der Waals surface area contributed by atoms with Crippen LogP contribution in [0.5, 0.6) is 0 Å². The first-order valence-electron chi connectivity index (χ1n) is 8.47. The van der Waals surface area contributed by atoms with Crippen molar-refractivity contribution >= 4 is 0 Å². The van der Waals surface area contributed by atoms with Crippen LogP contribution in [0.25, 0.3) is 0 Å². The van der Waals surface area contributed by atoms with Crippen molar-refractivity contribution in [2.45, 2.75) is 72.8 Å². The predicted octanol–water partition coefficient (Wildman–Crippen LogP) is 3.91. The van der Waals surface area contributed by atoms with Crippen molar-refractivity contribution in [3.05, 3.63) is 0 Å². The summed E-state index contributed by atoms with van der Waals surface area (Å²) in [7, 11) is 0. The lowest BCUT2D eigenvalue weighted by atomic mass is 9.74. The van der Waals surface area contributed by atoms with Gasteiger partial charge in [-0.25, -0.2) is 0 Å². The summed E-state index contributed by atoms with van der Waals surface area (Å²) in [6.07, 6.45) is 6.81. The van der Waals surface area contributed by atoms with Crippen LogP contribution in [0.1, 0.15) is 66.7 Å². The third kappa shape index (κ3) is 5.43. The monoisotopic (exact) mass is 268 g/mol. The molecule has 1 atom stereocenters. The molecule has 1 aliphatic rings. The van der Waals surface area contributed by atoms with E-state index in [0.717, 1.165) is 12.5 Å². The van der Waals surface area contributed by atoms with E-state index in [1.807, 2.05) is 0 Å². The summed E-state index contributed by atoms with van der Waals surface area (Å²) in [5.41, 5.74) is 0.654. The zero-order chi connectivity index (χ0) is 14.3. The minimum atomic E-state index is 0.654. The topological polar surface area (TPSA) is 15.3 Å². The molecule has 0 bridgehead atoms. The molecule has 0 aromatic rings. The van der Waals surface area contributed by atoms with Gasteiger partial charge in [0.15, 0.2) is 0 Å². The summed E-state index contributed by atoms with van der Waals surface area (Å²) in [6.45, 7) is 16.6. The van der Waals surface area contributed by atoms with Gasteiger partial charge in [-0.15, -0.1) is 0 Å². The van der Waals surface area contributed by atoms with E-state index in [1.165, 1.54) is 51.7 Å². The van der Waals surface area contributed by atoms with Crippen molar-refractivity contribution in [3.8, 4) is 0 Å². The van der Waals surface area contributed by atoms with Crippen molar-refractivity contribution in [2.75, 3.05) is 26.2 Å². The number of hydrogen-bond acceptors (Lipinski definition) is 2. The van der Waals surface area contributed by atoms with Gasteiger partial charge in [0.1, 0.15) is 0 Å². The molecule has 1 saturated heterocycles. The van der Waals surface area contributed by atoms with Crippen molar-refractivity contribution in [3.63, 3.8) is 0 Å². The number of hydrogen-bond donors (Lipinski definition) is 1. The fourth-order valence-electron chi connectivity index (χ4n) is 3.23.